The van der Waals surface area contributed by atoms with Gasteiger partial charge in [0.1, 0.15) is 5.75 Å². The van der Waals surface area contributed by atoms with Crippen molar-refractivity contribution in [1.29, 1.82) is 0 Å². The molecule has 0 saturated heterocycles. The van der Waals surface area contributed by atoms with E-state index in [9.17, 15) is 4.79 Å². The molecule has 0 saturated carbocycles. The lowest BCUT2D eigenvalue weighted by molar-refractivity contribution is -0.121. The highest BCUT2D eigenvalue weighted by molar-refractivity contribution is 14.1. The number of carbonyl (C=O) groups is 1. The Bertz CT molecular complexity index is 324. The third-order valence-corrected chi connectivity index (χ3v) is 2.68. The second-order valence-corrected chi connectivity index (χ2v) is 3.73. The number of nitrogens with one attached hydrogen (secondary N) is 1. The van der Waals surface area contributed by atoms with Gasteiger partial charge in [-0.1, -0.05) is 19.1 Å². The minimum Gasteiger partial charge on any atom is -0.428 e. The van der Waals surface area contributed by atoms with Crippen LogP contribution in [0.5, 0.6) is 5.75 Å². The van der Waals surface area contributed by atoms with Gasteiger partial charge in [-0.05, 0) is 24.6 Å². The van der Waals surface area contributed by atoms with Gasteiger partial charge in [0.05, 0.1) is 6.04 Å². The van der Waals surface area contributed by atoms with Gasteiger partial charge in [0.15, 0.2) is 23.0 Å². The zero-order valence-electron chi connectivity index (χ0n) is 8.79. The summed E-state index contributed by atoms with van der Waals surface area (Å²) in [5.41, 5.74) is 1.08. The third-order valence-electron chi connectivity index (χ3n) is 2.17. The summed E-state index contributed by atoms with van der Waals surface area (Å²) in [6.45, 7) is 3.81. The van der Waals surface area contributed by atoms with Crippen LogP contribution in [0.2, 0.25) is 0 Å². The highest BCUT2D eigenvalue weighted by atomic mass is 127. The first-order valence-corrected chi connectivity index (χ1v) is 5.73. The summed E-state index contributed by atoms with van der Waals surface area (Å²) in [5, 5.41) is 2.90. The SMILES string of the molecule is CCC(=O)N[C@@H](C)c1ccc(OI)cc1. The van der Waals surface area contributed by atoms with Crippen molar-refractivity contribution in [1.82, 2.24) is 5.32 Å². The van der Waals surface area contributed by atoms with Gasteiger partial charge in [0.25, 0.3) is 0 Å². The van der Waals surface area contributed by atoms with Crippen LogP contribution in [0, 0.1) is 0 Å². The minimum absolute atomic E-state index is 0.0423. The van der Waals surface area contributed by atoms with Gasteiger partial charge in [-0.3, -0.25) is 4.79 Å². The predicted octanol–water partition coefficient (Wildman–Crippen LogP) is 3.00. The van der Waals surface area contributed by atoms with Crippen LogP contribution < -0.4 is 8.38 Å². The molecule has 0 aliphatic rings. The van der Waals surface area contributed by atoms with E-state index in [2.05, 4.69) is 5.32 Å². The van der Waals surface area contributed by atoms with Crippen molar-refractivity contribution in [2.75, 3.05) is 0 Å². The van der Waals surface area contributed by atoms with Crippen LogP contribution in [-0.2, 0) is 4.79 Å². The predicted molar refractivity (Wildman–Crippen MR) is 67.9 cm³/mol. The number of hydrogen-bond donors (Lipinski definition) is 1. The molecule has 82 valence electrons. The molecule has 1 atom stereocenters. The molecule has 1 amide bonds. The van der Waals surface area contributed by atoms with E-state index in [-0.39, 0.29) is 11.9 Å². The largest absolute Gasteiger partial charge is 0.428 e. The Morgan fingerprint density at radius 2 is 2.07 bits per heavy atom. The Labute approximate surface area is 104 Å². The van der Waals surface area contributed by atoms with Gasteiger partial charge in [-0.25, -0.2) is 0 Å². The fraction of sp³-hybridized carbons (Fsp3) is 0.364. The van der Waals surface area contributed by atoms with E-state index in [1.165, 1.54) is 0 Å². The van der Waals surface area contributed by atoms with Gasteiger partial charge in [-0.15, -0.1) is 0 Å². The summed E-state index contributed by atoms with van der Waals surface area (Å²) < 4.78 is 5.03. The van der Waals surface area contributed by atoms with Crippen molar-refractivity contribution in [3.05, 3.63) is 29.8 Å². The van der Waals surface area contributed by atoms with E-state index < -0.39 is 0 Å². The fourth-order valence-corrected chi connectivity index (χ4v) is 1.53. The van der Waals surface area contributed by atoms with Crippen LogP contribution in [-0.4, -0.2) is 5.91 Å². The first-order valence-electron chi connectivity index (χ1n) is 4.85. The molecule has 1 aromatic carbocycles. The molecule has 0 bridgehead atoms. The highest BCUT2D eigenvalue weighted by Gasteiger charge is 2.07. The Kier molecular flexibility index (Phi) is 4.87. The van der Waals surface area contributed by atoms with Gasteiger partial charge < -0.3 is 8.38 Å². The average molecular weight is 319 g/mol. The van der Waals surface area contributed by atoms with Crippen molar-refractivity contribution >= 4 is 28.9 Å². The standard InChI is InChI=1S/C11H14INO2/c1-3-11(14)13-8(2)9-4-6-10(15-12)7-5-9/h4-8H,3H2,1-2H3,(H,13,14)/t8-/m0/s1. The van der Waals surface area contributed by atoms with Crippen molar-refractivity contribution < 1.29 is 7.86 Å². The second kappa shape index (κ2) is 5.95. The van der Waals surface area contributed by atoms with Gasteiger partial charge >= 0.3 is 0 Å². The highest BCUT2D eigenvalue weighted by Crippen LogP contribution is 2.18. The van der Waals surface area contributed by atoms with Gasteiger partial charge in [0.2, 0.25) is 5.91 Å². The summed E-state index contributed by atoms with van der Waals surface area (Å²) >= 11 is 1.84. The number of benzene rings is 1. The van der Waals surface area contributed by atoms with Crippen LogP contribution in [0.15, 0.2) is 24.3 Å². The molecule has 1 aromatic rings. The number of carbonyl (C=O) groups excluding carboxylic acids is 1. The molecule has 0 aromatic heterocycles. The second-order valence-electron chi connectivity index (χ2n) is 3.29. The van der Waals surface area contributed by atoms with Crippen molar-refractivity contribution in [3.8, 4) is 5.75 Å². The molecular weight excluding hydrogens is 305 g/mol. The summed E-state index contributed by atoms with van der Waals surface area (Å²) in [6.07, 6.45) is 0.513. The third kappa shape index (κ3) is 3.70. The van der Waals surface area contributed by atoms with E-state index in [0.29, 0.717) is 6.42 Å². The zero-order valence-corrected chi connectivity index (χ0v) is 10.9. The molecule has 0 aliphatic heterocycles. The van der Waals surface area contributed by atoms with Crippen LogP contribution in [0.4, 0.5) is 0 Å². The Balaban J connectivity index is 2.65. The molecule has 0 aliphatic carbocycles. The summed E-state index contributed by atoms with van der Waals surface area (Å²) in [7, 11) is 0. The van der Waals surface area contributed by atoms with Crippen molar-refractivity contribution in [2.45, 2.75) is 26.3 Å². The minimum atomic E-state index is 0.0423. The molecule has 1 rings (SSSR count). The molecule has 0 spiro atoms. The number of amides is 1. The van der Waals surface area contributed by atoms with Crippen LogP contribution in [0.25, 0.3) is 0 Å². The molecule has 4 heteroatoms. The molecular formula is C11H14INO2. The lowest BCUT2D eigenvalue weighted by Crippen LogP contribution is -2.25. The molecule has 1 N–H and O–H groups in total. The monoisotopic (exact) mass is 319 g/mol. The summed E-state index contributed by atoms with van der Waals surface area (Å²) in [4.78, 5) is 11.2. The molecule has 0 heterocycles. The number of hydrogen-bond acceptors (Lipinski definition) is 2. The van der Waals surface area contributed by atoms with Crippen LogP contribution in [0.1, 0.15) is 31.9 Å². The van der Waals surface area contributed by atoms with E-state index in [1.807, 2.05) is 61.1 Å². The quantitative estimate of drug-likeness (QED) is 0.867. The summed E-state index contributed by atoms with van der Waals surface area (Å²) in [6, 6.07) is 7.72. The van der Waals surface area contributed by atoms with Crippen molar-refractivity contribution in [3.63, 3.8) is 0 Å². The Morgan fingerprint density at radius 1 is 1.47 bits per heavy atom. The molecule has 0 fully saturated rings. The topological polar surface area (TPSA) is 38.3 Å². The zero-order chi connectivity index (χ0) is 11.3. The maximum absolute atomic E-state index is 11.2. The van der Waals surface area contributed by atoms with E-state index in [1.54, 1.807) is 0 Å². The molecule has 0 radical (unpaired) electrons. The van der Waals surface area contributed by atoms with E-state index >= 15 is 0 Å². The first-order chi connectivity index (χ1) is 7.17. The lowest BCUT2D eigenvalue weighted by Gasteiger charge is -2.13. The van der Waals surface area contributed by atoms with Crippen LogP contribution >= 0.6 is 23.0 Å². The molecule has 0 unspecified atom stereocenters. The maximum Gasteiger partial charge on any atom is 0.220 e. The lowest BCUT2D eigenvalue weighted by atomic mass is 10.1. The Morgan fingerprint density at radius 3 is 2.53 bits per heavy atom. The van der Waals surface area contributed by atoms with Gasteiger partial charge in [0, 0.05) is 6.42 Å². The number of rotatable bonds is 4. The number of halogens is 1. The first kappa shape index (κ1) is 12.3. The maximum atomic E-state index is 11.2. The Hall–Kier alpha value is -0.780. The average Bonchev–Trinajstić information content (AvgIpc) is 2.29. The van der Waals surface area contributed by atoms with E-state index in [0.717, 1.165) is 11.3 Å². The van der Waals surface area contributed by atoms with Crippen LogP contribution in [0.3, 0.4) is 0 Å². The van der Waals surface area contributed by atoms with E-state index in [4.69, 9.17) is 3.07 Å². The van der Waals surface area contributed by atoms with Crippen molar-refractivity contribution in [2.24, 2.45) is 0 Å². The summed E-state index contributed by atoms with van der Waals surface area (Å²) in [5.74, 6) is 0.880. The fourth-order valence-electron chi connectivity index (χ4n) is 1.23. The smallest absolute Gasteiger partial charge is 0.220 e. The molecule has 3 nitrogen and oxygen atoms in total. The molecule has 15 heavy (non-hydrogen) atoms. The van der Waals surface area contributed by atoms with Gasteiger partial charge in [-0.2, -0.15) is 0 Å². The normalized spacial score (nSPS) is 11.9.